The third-order valence-electron chi connectivity index (χ3n) is 5.34. The van der Waals surface area contributed by atoms with Gasteiger partial charge in [-0.3, -0.25) is 4.79 Å². The van der Waals surface area contributed by atoms with Crippen molar-refractivity contribution in [1.82, 2.24) is 9.99 Å². The molecule has 0 radical (unpaired) electrons. The summed E-state index contributed by atoms with van der Waals surface area (Å²) in [5.74, 6) is -0.570. The van der Waals surface area contributed by atoms with E-state index in [4.69, 9.17) is 0 Å². The van der Waals surface area contributed by atoms with Gasteiger partial charge in [-0.15, -0.1) is 0 Å². The number of rotatable bonds is 5. The number of carbonyl (C=O) groups excluding carboxylic acids is 1. The van der Waals surface area contributed by atoms with E-state index in [-0.39, 0.29) is 5.91 Å². The molecule has 1 N–H and O–H groups in total. The molecule has 4 heteroatoms. The molecule has 0 bridgehead atoms. The summed E-state index contributed by atoms with van der Waals surface area (Å²) in [5.41, 5.74) is 7.89. The molecule has 4 nitrogen and oxygen atoms in total. The Morgan fingerprint density at radius 3 is 2.07 bits per heavy atom. The van der Waals surface area contributed by atoms with E-state index in [1.165, 1.54) is 0 Å². The zero-order chi connectivity index (χ0) is 20.2. The molecule has 0 unspecified atom stereocenters. The van der Waals surface area contributed by atoms with E-state index >= 15 is 0 Å². The molecule has 0 saturated heterocycles. The highest BCUT2D eigenvalue weighted by atomic mass is 16.2. The van der Waals surface area contributed by atoms with Crippen LogP contribution < -0.4 is 5.43 Å². The average Bonchev–Trinajstić information content (AvgIpc) is 3.00. The molecule has 1 heterocycles. The van der Waals surface area contributed by atoms with Crippen LogP contribution in [-0.4, -0.2) is 16.7 Å². The molecule has 1 aromatic heterocycles. The zero-order valence-corrected chi connectivity index (χ0v) is 16.5. The molecule has 0 atom stereocenters. The van der Waals surface area contributed by atoms with Crippen LogP contribution in [0, 0.1) is 6.92 Å². The number of carbonyl (C=O) groups is 1. The number of amides is 1. The highest BCUT2D eigenvalue weighted by Crippen LogP contribution is 2.25. The van der Waals surface area contributed by atoms with Crippen LogP contribution in [0.4, 0.5) is 0 Å². The predicted octanol–water partition coefficient (Wildman–Crippen LogP) is 4.77. The summed E-state index contributed by atoms with van der Waals surface area (Å²) in [5, 5.41) is 5.42. The van der Waals surface area contributed by atoms with Gasteiger partial charge < -0.3 is 4.57 Å². The smallest absolute Gasteiger partial charge is 0.252 e. The minimum absolute atomic E-state index is 0.156. The summed E-state index contributed by atoms with van der Waals surface area (Å²) in [7, 11) is 2.04. The fraction of sp³-hybridized carbons (Fsp3) is 0.120. The molecule has 0 spiro atoms. The Balaban J connectivity index is 1.62. The van der Waals surface area contributed by atoms with E-state index < -0.39 is 5.92 Å². The van der Waals surface area contributed by atoms with E-state index in [0.717, 1.165) is 33.3 Å². The van der Waals surface area contributed by atoms with Gasteiger partial charge in [0.1, 0.15) is 0 Å². The van der Waals surface area contributed by atoms with Crippen molar-refractivity contribution in [3.8, 4) is 0 Å². The Morgan fingerprint density at radius 1 is 0.897 bits per heavy atom. The number of aryl methyl sites for hydroxylation is 1. The lowest BCUT2D eigenvalue weighted by atomic mass is 9.91. The van der Waals surface area contributed by atoms with Crippen molar-refractivity contribution in [1.29, 1.82) is 0 Å². The Morgan fingerprint density at radius 2 is 1.45 bits per heavy atom. The summed E-state index contributed by atoms with van der Waals surface area (Å²) in [4.78, 5) is 13.1. The van der Waals surface area contributed by atoms with Crippen molar-refractivity contribution in [2.24, 2.45) is 12.1 Å². The topological polar surface area (TPSA) is 46.4 Å². The van der Waals surface area contributed by atoms with Gasteiger partial charge in [0.05, 0.1) is 12.1 Å². The molecule has 3 aromatic carbocycles. The monoisotopic (exact) mass is 381 g/mol. The van der Waals surface area contributed by atoms with Gasteiger partial charge in [-0.2, -0.15) is 5.10 Å². The summed E-state index contributed by atoms with van der Waals surface area (Å²) >= 11 is 0. The van der Waals surface area contributed by atoms with Crippen LogP contribution in [-0.2, 0) is 11.8 Å². The quantitative estimate of drug-likeness (QED) is 0.393. The molecular formula is C25H23N3O. The Bertz CT molecular complexity index is 1120. The van der Waals surface area contributed by atoms with Crippen molar-refractivity contribution in [2.75, 3.05) is 0 Å². The summed E-state index contributed by atoms with van der Waals surface area (Å²) in [6, 6.07) is 27.7. The van der Waals surface area contributed by atoms with Crippen LogP contribution in [0.5, 0.6) is 0 Å². The Hall–Kier alpha value is -3.66. The number of nitrogens with zero attached hydrogens (tertiary/aromatic N) is 2. The van der Waals surface area contributed by atoms with E-state index in [2.05, 4.69) is 34.2 Å². The molecule has 29 heavy (non-hydrogen) atoms. The third-order valence-corrected chi connectivity index (χ3v) is 5.34. The minimum atomic E-state index is -0.414. The van der Waals surface area contributed by atoms with Gasteiger partial charge in [0.25, 0.3) is 5.91 Å². The fourth-order valence-electron chi connectivity index (χ4n) is 3.72. The van der Waals surface area contributed by atoms with Gasteiger partial charge in [-0.25, -0.2) is 5.43 Å². The van der Waals surface area contributed by atoms with Crippen molar-refractivity contribution < 1.29 is 4.79 Å². The van der Waals surface area contributed by atoms with E-state index in [0.29, 0.717) is 0 Å². The molecule has 0 aliphatic rings. The molecule has 1 amide bonds. The van der Waals surface area contributed by atoms with Crippen LogP contribution in [0.2, 0.25) is 0 Å². The molecule has 0 aliphatic heterocycles. The van der Waals surface area contributed by atoms with Gasteiger partial charge in [0.15, 0.2) is 0 Å². The van der Waals surface area contributed by atoms with E-state index in [1.54, 1.807) is 6.21 Å². The maximum absolute atomic E-state index is 13.1. The number of hydrogen-bond donors (Lipinski definition) is 1. The molecule has 144 valence electrons. The van der Waals surface area contributed by atoms with Crippen molar-refractivity contribution in [3.63, 3.8) is 0 Å². The average molecular weight is 381 g/mol. The number of fused-ring (bicyclic) bond motifs is 1. The SMILES string of the molecule is Cc1c(C=NNC(=O)C(c2ccccc2)c2ccccc2)c2ccccc2n1C. The van der Waals surface area contributed by atoms with E-state index in [9.17, 15) is 4.79 Å². The third kappa shape index (κ3) is 3.69. The first-order valence-corrected chi connectivity index (χ1v) is 9.63. The lowest BCUT2D eigenvalue weighted by Crippen LogP contribution is -2.26. The van der Waals surface area contributed by atoms with Crippen LogP contribution in [0.1, 0.15) is 28.3 Å². The summed E-state index contributed by atoms with van der Waals surface area (Å²) in [6.45, 7) is 2.06. The second-order valence-electron chi connectivity index (χ2n) is 7.06. The van der Waals surface area contributed by atoms with Crippen molar-refractivity contribution in [3.05, 3.63) is 107 Å². The summed E-state index contributed by atoms with van der Waals surface area (Å²) < 4.78 is 2.13. The van der Waals surface area contributed by atoms with Crippen LogP contribution in [0.25, 0.3) is 10.9 Å². The lowest BCUT2D eigenvalue weighted by molar-refractivity contribution is -0.121. The van der Waals surface area contributed by atoms with Crippen LogP contribution >= 0.6 is 0 Å². The largest absolute Gasteiger partial charge is 0.347 e. The number of hydrogen-bond acceptors (Lipinski definition) is 2. The van der Waals surface area contributed by atoms with Gasteiger partial charge in [-0.1, -0.05) is 78.9 Å². The highest BCUT2D eigenvalue weighted by Gasteiger charge is 2.22. The summed E-state index contributed by atoms with van der Waals surface area (Å²) in [6.07, 6.45) is 1.74. The number of nitrogens with one attached hydrogen (secondary N) is 1. The van der Waals surface area contributed by atoms with Crippen molar-refractivity contribution in [2.45, 2.75) is 12.8 Å². The number of benzene rings is 3. The first-order chi connectivity index (χ1) is 14.2. The first kappa shape index (κ1) is 18.7. The molecular weight excluding hydrogens is 358 g/mol. The molecule has 4 rings (SSSR count). The number of para-hydroxylation sites is 1. The standard InChI is InChI=1S/C25H23N3O/c1-18-22(21-15-9-10-16-23(21)28(18)2)17-26-27-25(29)24(19-11-5-3-6-12-19)20-13-7-4-8-14-20/h3-17,24H,1-2H3,(H,27,29). The predicted molar refractivity (Wildman–Crippen MR) is 118 cm³/mol. The second-order valence-corrected chi connectivity index (χ2v) is 7.06. The normalized spacial score (nSPS) is 11.4. The van der Waals surface area contributed by atoms with Gasteiger partial charge in [0.2, 0.25) is 0 Å². The Kier molecular flexibility index (Phi) is 5.25. The molecule has 0 fully saturated rings. The number of aromatic nitrogens is 1. The second kappa shape index (κ2) is 8.15. The highest BCUT2D eigenvalue weighted by molar-refractivity contribution is 6.01. The van der Waals surface area contributed by atoms with Gasteiger partial charge in [-0.05, 0) is 24.1 Å². The lowest BCUT2D eigenvalue weighted by Gasteiger charge is -2.16. The molecule has 0 saturated carbocycles. The zero-order valence-electron chi connectivity index (χ0n) is 16.5. The van der Waals surface area contributed by atoms with Gasteiger partial charge >= 0.3 is 0 Å². The van der Waals surface area contributed by atoms with Crippen LogP contribution in [0.15, 0.2) is 90.0 Å². The van der Waals surface area contributed by atoms with Gasteiger partial charge in [0, 0.05) is 29.2 Å². The molecule has 4 aromatic rings. The Labute approximate surface area is 170 Å². The van der Waals surface area contributed by atoms with E-state index in [1.807, 2.05) is 79.8 Å². The number of hydrazone groups is 1. The fourth-order valence-corrected chi connectivity index (χ4v) is 3.72. The van der Waals surface area contributed by atoms with Crippen molar-refractivity contribution >= 4 is 23.0 Å². The molecule has 0 aliphatic carbocycles. The first-order valence-electron chi connectivity index (χ1n) is 9.63. The maximum atomic E-state index is 13.1. The maximum Gasteiger partial charge on any atom is 0.252 e. The van der Waals surface area contributed by atoms with Crippen LogP contribution in [0.3, 0.4) is 0 Å². The minimum Gasteiger partial charge on any atom is -0.347 e.